The largest absolute Gasteiger partial charge is 0.269 e. The molecular formula is C20H25NO2S. The van der Waals surface area contributed by atoms with Crippen molar-refractivity contribution in [2.75, 3.05) is 11.4 Å². The normalized spacial score (nSPS) is 14.5. The highest BCUT2D eigenvalue weighted by Crippen LogP contribution is 2.29. The topological polar surface area (TPSA) is 37.4 Å². The van der Waals surface area contributed by atoms with Gasteiger partial charge in [0.15, 0.2) is 0 Å². The number of sulfonamides is 1. The molecule has 1 aliphatic carbocycles. The van der Waals surface area contributed by atoms with Crippen molar-refractivity contribution in [3.8, 4) is 0 Å². The van der Waals surface area contributed by atoms with Gasteiger partial charge in [-0.2, -0.15) is 0 Å². The van der Waals surface area contributed by atoms with E-state index in [1.54, 1.807) is 19.2 Å². The fraction of sp³-hybridized carbons (Fsp3) is 0.400. The van der Waals surface area contributed by atoms with E-state index in [1.165, 1.54) is 28.3 Å². The molecule has 0 aromatic heterocycles. The number of hydrogen-bond acceptors (Lipinski definition) is 2. The van der Waals surface area contributed by atoms with Gasteiger partial charge in [0.25, 0.3) is 10.0 Å². The summed E-state index contributed by atoms with van der Waals surface area (Å²) in [7, 11) is -1.89. The van der Waals surface area contributed by atoms with Crippen LogP contribution < -0.4 is 4.31 Å². The zero-order valence-electron chi connectivity index (χ0n) is 14.6. The quantitative estimate of drug-likeness (QED) is 0.819. The molecule has 24 heavy (non-hydrogen) atoms. The Hall–Kier alpha value is -1.81. The molecule has 2 aromatic rings. The molecular weight excluding hydrogens is 318 g/mol. The minimum atomic E-state index is -3.53. The van der Waals surface area contributed by atoms with Crippen LogP contribution in [-0.4, -0.2) is 15.5 Å². The molecule has 128 valence electrons. The second-order valence-corrected chi connectivity index (χ2v) is 8.83. The molecule has 0 spiro atoms. The van der Waals surface area contributed by atoms with E-state index in [9.17, 15) is 8.42 Å². The van der Waals surface area contributed by atoms with Crippen molar-refractivity contribution >= 4 is 15.7 Å². The molecule has 0 unspecified atom stereocenters. The third-order valence-corrected chi connectivity index (χ3v) is 6.70. The third-order valence-electron chi connectivity index (χ3n) is 4.90. The molecule has 0 saturated carbocycles. The van der Waals surface area contributed by atoms with Gasteiger partial charge in [0, 0.05) is 7.05 Å². The van der Waals surface area contributed by atoms with E-state index in [0.29, 0.717) is 10.8 Å². The number of rotatable bonds is 4. The summed E-state index contributed by atoms with van der Waals surface area (Å²) in [5, 5.41) is 0. The summed E-state index contributed by atoms with van der Waals surface area (Å²) in [5.74, 6) is 0.389. The van der Waals surface area contributed by atoms with Crippen LogP contribution in [-0.2, 0) is 22.9 Å². The predicted molar refractivity (Wildman–Crippen MR) is 99.2 cm³/mol. The van der Waals surface area contributed by atoms with Crippen molar-refractivity contribution < 1.29 is 8.42 Å². The van der Waals surface area contributed by atoms with E-state index < -0.39 is 10.0 Å². The smallest absolute Gasteiger partial charge is 0.264 e. The maximum absolute atomic E-state index is 12.9. The number of benzene rings is 2. The van der Waals surface area contributed by atoms with Crippen molar-refractivity contribution in [3.63, 3.8) is 0 Å². The highest BCUT2D eigenvalue weighted by atomic mass is 32.2. The van der Waals surface area contributed by atoms with Gasteiger partial charge < -0.3 is 0 Å². The molecule has 3 nitrogen and oxygen atoms in total. The number of fused-ring (bicyclic) bond motifs is 1. The Morgan fingerprint density at radius 2 is 1.54 bits per heavy atom. The van der Waals surface area contributed by atoms with Gasteiger partial charge >= 0.3 is 0 Å². The molecule has 0 atom stereocenters. The van der Waals surface area contributed by atoms with Crippen LogP contribution in [0, 0.1) is 0 Å². The summed E-state index contributed by atoms with van der Waals surface area (Å²) >= 11 is 0. The molecule has 0 N–H and O–H groups in total. The molecule has 4 heteroatoms. The molecule has 3 rings (SSSR count). The van der Waals surface area contributed by atoms with Crippen LogP contribution >= 0.6 is 0 Å². The molecule has 0 amide bonds. The van der Waals surface area contributed by atoms with E-state index in [4.69, 9.17) is 0 Å². The molecule has 1 aliphatic rings. The van der Waals surface area contributed by atoms with Gasteiger partial charge in [-0.05, 0) is 72.6 Å². The van der Waals surface area contributed by atoms with E-state index in [2.05, 4.69) is 19.9 Å². The summed E-state index contributed by atoms with van der Waals surface area (Å²) in [6, 6.07) is 13.3. The van der Waals surface area contributed by atoms with Crippen molar-refractivity contribution in [2.24, 2.45) is 0 Å². The summed E-state index contributed by atoms with van der Waals surface area (Å²) in [6.07, 6.45) is 4.55. The summed E-state index contributed by atoms with van der Waals surface area (Å²) < 4.78 is 27.2. The number of hydrogen-bond donors (Lipinski definition) is 0. The number of aryl methyl sites for hydroxylation is 2. The second-order valence-electron chi connectivity index (χ2n) is 6.86. The molecule has 0 bridgehead atoms. The first-order chi connectivity index (χ1) is 11.4. The van der Waals surface area contributed by atoms with E-state index in [1.807, 2.05) is 24.3 Å². The fourth-order valence-electron chi connectivity index (χ4n) is 3.24. The van der Waals surface area contributed by atoms with Crippen LogP contribution in [0.15, 0.2) is 47.4 Å². The first-order valence-electron chi connectivity index (χ1n) is 8.60. The van der Waals surface area contributed by atoms with Gasteiger partial charge in [0.2, 0.25) is 0 Å². The second kappa shape index (κ2) is 6.60. The van der Waals surface area contributed by atoms with Gasteiger partial charge in [-0.25, -0.2) is 8.42 Å². The standard InChI is InChI=1S/C20H25NO2S/c1-15(2)16-9-12-20(13-10-16)24(22,23)21(3)19-11-8-17-6-4-5-7-18(17)14-19/h8-15H,4-7H2,1-3H3. The van der Waals surface area contributed by atoms with E-state index in [-0.39, 0.29) is 0 Å². The highest BCUT2D eigenvalue weighted by molar-refractivity contribution is 7.92. The molecule has 2 aromatic carbocycles. The highest BCUT2D eigenvalue weighted by Gasteiger charge is 2.22. The lowest BCUT2D eigenvalue weighted by Gasteiger charge is -2.23. The zero-order chi connectivity index (χ0) is 17.3. The lowest BCUT2D eigenvalue weighted by molar-refractivity contribution is 0.594. The van der Waals surface area contributed by atoms with Gasteiger partial charge in [-0.1, -0.05) is 32.0 Å². The maximum Gasteiger partial charge on any atom is 0.264 e. The van der Waals surface area contributed by atoms with Crippen LogP contribution in [0.3, 0.4) is 0 Å². The van der Waals surface area contributed by atoms with Gasteiger partial charge in [0.05, 0.1) is 10.6 Å². The molecule has 0 aliphatic heterocycles. The van der Waals surface area contributed by atoms with Crippen molar-refractivity contribution in [2.45, 2.75) is 50.3 Å². The Bertz CT molecular complexity index is 823. The van der Waals surface area contributed by atoms with Crippen LogP contribution in [0.5, 0.6) is 0 Å². The van der Waals surface area contributed by atoms with Gasteiger partial charge in [-0.15, -0.1) is 0 Å². The first-order valence-corrected chi connectivity index (χ1v) is 10.0. The van der Waals surface area contributed by atoms with Crippen molar-refractivity contribution in [1.82, 2.24) is 0 Å². The summed E-state index contributed by atoms with van der Waals surface area (Å²) in [6.45, 7) is 4.20. The number of nitrogens with zero attached hydrogens (tertiary/aromatic N) is 1. The van der Waals surface area contributed by atoms with Crippen LogP contribution in [0.4, 0.5) is 5.69 Å². The summed E-state index contributed by atoms with van der Waals surface area (Å²) in [4.78, 5) is 0.340. The molecule has 0 radical (unpaired) electrons. The lowest BCUT2D eigenvalue weighted by atomic mass is 9.91. The Morgan fingerprint density at radius 3 is 2.17 bits per heavy atom. The van der Waals surface area contributed by atoms with Gasteiger partial charge in [-0.3, -0.25) is 4.31 Å². The predicted octanol–water partition coefficient (Wildman–Crippen LogP) is 4.51. The van der Waals surface area contributed by atoms with E-state index >= 15 is 0 Å². The molecule has 0 heterocycles. The molecule has 0 saturated heterocycles. The van der Waals surface area contributed by atoms with Crippen LogP contribution in [0.25, 0.3) is 0 Å². The lowest BCUT2D eigenvalue weighted by Crippen LogP contribution is -2.26. The average molecular weight is 343 g/mol. The van der Waals surface area contributed by atoms with Gasteiger partial charge in [0.1, 0.15) is 0 Å². The maximum atomic E-state index is 12.9. The molecule has 0 fully saturated rings. The van der Waals surface area contributed by atoms with E-state index in [0.717, 1.165) is 24.1 Å². The monoisotopic (exact) mass is 343 g/mol. The minimum Gasteiger partial charge on any atom is -0.269 e. The van der Waals surface area contributed by atoms with Crippen LogP contribution in [0.2, 0.25) is 0 Å². The minimum absolute atomic E-state index is 0.340. The Morgan fingerprint density at radius 1 is 0.917 bits per heavy atom. The summed E-state index contributed by atoms with van der Waals surface area (Å²) in [5.41, 5.74) is 4.53. The van der Waals surface area contributed by atoms with Crippen LogP contribution in [0.1, 0.15) is 49.3 Å². The Balaban J connectivity index is 1.91. The number of anilines is 1. The zero-order valence-corrected chi connectivity index (χ0v) is 15.4. The van der Waals surface area contributed by atoms with Crippen molar-refractivity contribution in [1.29, 1.82) is 0 Å². The Labute approximate surface area is 145 Å². The Kier molecular flexibility index (Phi) is 4.68. The first kappa shape index (κ1) is 17.0. The fourth-order valence-corrected chi connectivity index (χ4v) is 4.42. The third kappa shape index (κ3) is 3.20. The average Bonchev–Trinajstić information content (AvgIpc) is 2.60. The SMILES string of the molecule is CC(C)c1ccc(S(=O)(=O)N(C)c2ccc3c(c2)CCCC3)cc1. The van der Waals surface area contributed by atoms with Crippen molar-refractivity contribution in [3.05, 3.63) is 59.2 Å².